The van der Waals surface area contributed by atoms with Crippen molar-refractivity contribution in [1.29, 1.82) is 0 Å². The van der Waals surface area contributed by atoms with Gasteiger partial charge in [0, 0.05) is 41.4 Å². The van der Waals surface area contributed by atoms with Gasteiger partial charge in [-0.2, -0.15) is 5.10 Å². The Morgan fingerprint density at radius 3 is 2.69 bits per heavy atom. The highest BCUT2D eigenvalue weighted by atomic mass is 19.3. The minimum absolute atomic E-state index is 0.0714. The summed E-state index contributed by atoms with van der Waals surface area (Å²) >= 11 is 0. The monoisotopic (exact) mass is 572 g/mol. The molecule has 10 nitrogen and oxygen atoms in total. The number of fused-ring (bicyclic) bond motifs is 4. The number of ether oxygens (including phenoxy) is 1. The van der Waals surface area contributed by atoms with Gasteiger partial charge in [-0.05, 0) is 37.6 Å². The highest BCUT2D eigenvalue weighted by Gasteiger charge is 2.62. The molecule has 12 heteroatoms. The number of alkyl halides is 2. The fraction of sp³-hybridized carbons (Fsp3) is 0.367. The van der Waals surface area contributed by atoms with E-state index >= 15 is 8.78 Å². The molecule has 1 aromatic heterocycles. The Kier molecular flexibility index (Phi) is 5.92. The van der Waals surface area contributed by atoms with E-state index in [1.807, 2.05) is 0 Å². The Morgan fingerprint density at radius 1 is 1.14 bits per heavy atom. The fourth-order valence-corrected chi connectivity index (χ4v) is 6.64. The average molecular weight is 573 g/mol. The highest BCUT2D eigenvalue weighted by molar-refractivity contribution is 6.05. The number of carbonyl (C=O) groups excluding carboxylic acids is 3. The highest BCUT2D eigenvalue weighted by Crippen LogP contribution is 2.55. The molecule has 0 saturated carbocycles. The lowest BCUT2D eigenvalue weighted by Crippen LogP contribution is -2.58. The van der Waals surface area contributed by atoms with E-state index in [1.54, 1.807) is 58.4 Å². The lowest BCUT2D eigenvalue weighted by Gasteiger charge is -2.44. The molecule has 3 aromatic rings. The lowest BCUT2D eigenvalue weighted by molar-refractivity contribution is -0.137. The summed E-state index contributed by atoms with van der Waals surface area (Å²) in [5.74, 6) is -4.06. The first-order chi connectivity index (χ1) is 20.2. The molecule has 1 N–H and O–H groups in total. The van der Waals surface area contributed by atoms with Gasteiger partial charge in [-0.15, -0.1) is 0 Å². The van der Waals surface area contributed by atoms with Gasteiger partial charge >= 0.3 is 0 Å². The third-order valence-corrected chi connectivity index (χ3v) is 8.91. The van der Waals surface area contributed by atoms with Gasteiger partial charge in [0.25, 0.3) is 11.8 Å². The Morgan fingerprint density at radius 2 is 1.95 bits per heavy atom. The summed E-state index contributed by atoms with van der Waals surface area (Å²) < 4.78 is 39.8. The van der Waals surface area contributed by atoms with Crippen LogP contribution in [0.1, 0.15) is 46.3 Å². The molecule has 1 unspecified atom stereocenters. The van der Waals surface area contributed by atoms with Crippen LogP contribution in [-0.4, -0.2) is 69.0 Å². The Bertz CT molecular complexity index is 1680. The Balaban J connectivity index is 1.09. The van der Waals surface area contributed by atoms with Crippen molar-refractivity contribution in [3.63, 3.8) is 0 Å². The molecule has 5 heterocycles. The second-order valence-corrected chi connectivity index (χ2v) is 11.3. The molecule has 0 radical (unpaired) electrons. The topological polar surface area (TPSA) is 101 Å². The van der Waals surface area contributed by atoms with E-state index in [1.165, 1.54) is 4.90 Å². The summed E-state index contributed by atoms with van der Waals surface area (Å²) in [7, 11) is 0. The molecular formula is C30H26F2N6O4. The molecular weight excluding hydrogens is 546 g/mol. The number of likely N-dealkylation sites (tertiary alicyclic amines) is 1. The van der Waals surface area contributed by atoms with E-state index in [9.17, 15) is 14.4 Å². The number of piperidine rings is 2. The van der Waals surface area contributed by atoms with E-state index in [-0.39, 0.29) is 44.2 Å². The van der Waals surface area contributed by atoms with Crippen LogP contribution >= 0.6 is 0 Å². The van der Waals surface area contributed by atoms with Crippen molar-refractivity contribution in [3.05, 3.63) is 82.5 Å². The van der Waals surface area contributed by atoms with Gasteiger partial charge in [0.15, 0.2) is 5.69 Å². The number of benzene rings is 2. The van der Waals surface area contributed by atoms with E-state index in [0.29, 0.717) is 41.2 Å². The predicted octanol–water partition coefficient (Wildman–Crippen LogP) is 3.36. The van der Waals surface area contributed by atoms with Crippen LogP contribution in [0.15, 0.2) is 48.8 Å². The third-order valence-electron chi connectivity index (χ3n) is 8.91. The standard InChI is InChI=1S/C30H26F2N6O4/c1-33-19-2-4-20(5-3-19)38-14-18(12-34-38)13-36-11-10-29(30(31,32)16-36)17-42-26-22-15-37(24-8-9-25(39)35-27(24)40)28(41)21(22)6-7-23(26)29/h2-7,12,14,24H,8-11,13,15-17H2,(H,35,39,40)/t24-,29?/m0/s1. The van der Waals surface area contributed by atoms with Crippen molar-refractivity contribution >= 4 is 23.4 Å². The molecule has 7 rings (SSSR count). The summed E-state index contributed by atoms with van der Waals surface area (Å²) in [5.41, 5.74) is 1.85. The SMILES string of the molecule is [C-]#[N+]c1ccc(-n2cc(CN3CCC4(COc5c4ccc4c5CN([C@H]5CCC(=O)NC5=O)C4=O)C(F)(F)C3)cn2)cc1. The van der Waals surface area contributed by atoms with Crippen LogP contribution in [0.3, 0.4) is 0 Å². The quantitative estimate of drug-likeness (QED) is 0.380. The number of imide groups is 1. The third kappa shape index (κ3) is 3.99. The maximum absolute atomic E-state index is 16.1. The van der Waals surface area contributed by atoms with E-state index in [0.717, 1.165) is 11.3 Å². The molecule has 4 aliphatic rings. The molecule has 4 aliphatic heterocycles. The van der Waals surface area contributed by atoms with E-state index in [4.69, 9.17) is 11.3 Å². The maximum atomic E-state index is 16.1. The number of amides is 3. The summed E-state index contributed by atoms with van der Waals surface area (Å²) in [6, 6.07) is 9.34. The number of carbonyl (C=O) groups is 3. The van der Waals surface area contributed by atoms with Crippen LogP contribution in [0.5, 0.6) is 5.75 Å². The van der Waals surface area contributed by atoms with Crippen LogP contribution < -0.4 is 10.1 Å². The summed E-state index contributed by atoms with van der Waals surface area (Å²) in [4.78, 5) is 43.7. The number of halogens is 2. The molecule has 3 amide bonds. The summed E-state index contributed by atoms with van der Waals surface area (Å²) in [6.07, 6.45) is 3.99. The van der Waals surface area contributed by atoms with Crippen molar-refractivity contribution in [2.45, 2.75) is 49.7 Å². The van der Waals surface area contributed by atoms with E-state index < -0.39 is 29.8 Å². The van der Waals surface area contributed by atoms with Crippen molar-refractivity contribution in [3.8, 4) is 11.4 Å². The van der Waals surface area contributed by atoms with Gasteiger partial charge in [-0.25, -0.2) is 18.3 Å². The number of nitrogens with one attached hydrogen (secondary N) is 1. The van der Waals surface area contributed by atoms with Gasteiger partial charge in [-0.3, -0.25) is 24.6 Å². The van der Waals surface area contributed by atoms with Crippen LogP contribution in [0.2, 0.25) is 0 Å². The van der Waals surface area contributed by atoms with Gasteiger partial charge in [0.2, 0.25) is 11.8 Å². The largest absolute Gasteiger partial charge is 0.492 e. The molecule has 42 heavy (non-hydrogen) atoms. The number of rotatable bonds is 4. The predicted molar refractivity (Wildman–Crippen MR) is 144 cm³/mol. The molecule has 0 bridgehead atoms. The second kappa shape index (κ2) is 9.46. The number of nitrogens with zero attached hydrogens (tertiary/aromatic N) is 5. The van der Waals surface area contributed by atoms with Gasteiger partial charge in [0.1, 0.15) is 18.4 Å². The zero-order chi connectivity index (χ0) is 29.2. The smallest absolute Gasteiger partial charge is 0.273 e. The minimum Gasteiger partial charge on any atom is -0.492 e. The second-order valence-electron chi connectivity index (χ2n) is 11.3. The first-order valence-corrected chi connectivity index (χ1v) is 13.7. The zero-order valence-electron chi connectivity index (χ0n) is 22.5. The molecule has 2 fully saturated rings. The van der Waals surface area contributed by atoms with Crippen LogP contribution in [-0.2, 0) is 28.1 Å². The molecule has 2 aromatic carbocycles. The molecule has 2 atom stereocenters. The summed E-state index contributed by atoms with van der Waals surface area (Å²) in [6.45, 7) is 7.23. The van der Waals surface area contributed by atoms with E-state index in [2.05, 4.69) is 15.3 Å². The number of aromatic nitrogens is 2. The van der Waals surface area contributed by atoms with Crippen molar-refractivity contribution in [2.75, 3.05) is 19.7 Å². The van der Waals surface area contributed by atoms with Crippen LogP contribution in [0.25, 0.3) is 10.5 Å². The summed E-state index contributed by atoms with van der Waals surface area (Å²) in [5, 5.41) is 6.64. The first kappa shape index (κ1) is 26.3. The fourth-order valence-electron chi connectivity index (χ4n) is 6.64. The Hall–Kier alpha value is -4.63. The number of hydrogen-bond donors (Lipinski definition) is 1. The molecule has 214 valence electrons. The van der Waals surface area contributed by atoms with Crippen LogP contribution in [0.4, 0.5) is 14.5 Å². The molecule has 1 spiro atoms. The van der Waals surface area contributed by atoms with Crippen LogP contribution in [0, 0.1) is 6.57 Å². The van der Waals surface area contributed by atoms with Crippen molar-refractivity contribution in [1.82, 2.24) is 24.9 Å². The Labute approximate surface area is 239 Å². The first-order valence-electron chi connectivity index (χ1n) is 13.7. The van der Waals surface area contributed by atoms with Gasteiger partial charge in [0.05, 0.1) is 37.0 Å². The van der Waals surface area contributed by atoms with Gasteiger partial charge in [-0.1, -0.05) is 18.2 Å². The average Bonchev–Trinajstić information content (AvgIpc) is 3.68. The molecule has 0 aliphatic carbocycles. The normalized spacial score (nSPS) is 24.7. The van der Waals surface area contributed by atoms with Crippen molar-refractivity contribution in [2.24, 2.45) is 0 Å². The zero-order valence-corrected chi connectivity index (χ0v) is 22.5. The lowest BCUT2D eigenvalue weighted by atomic mass is 9.71. The maximum Gasteiger partial charge on any atom is 0.273 e. The number of hydrogen-bond acceptors (Lipinski definition) is 6. The van der Waals surface area contributed by atoms with Crippen molar-refractivity contribution < 1.29 is 27.9 Å². The van der Waals surface area contributed by atoms with Gasteiger partial charge < -0.3 is 9.64 Å². The molecule has 2 saturated heterocycles. The minimum atomic E-state index is -3.11.